The van der Waals surface area contributed by atoms with Gasteiger partial charge in [-0.3, -0.25) is 5.01 Å². The fourth-order valence-corrected chi connectivity index (χ4v) is 1.10. The van der Waals surface area contributed by atoms with Crippen LogP contribution in [0.1, 0.15) is 41.5 Å². The highest BCUT2D eigenvalue weighted by Crippen LogP contribution is 2.05. The van der Waals surface area contributed by atoms with Gasteiger partial charge in [0.15, 0.2) is 0 Å². The summed E-state index contributed by atoms with van der Waals surface area (Å²) in [6.45, 7) is 12.7. The first kappa shape index (κ1) is 12.2. The van der Waals surface area contributed by atoms with Crippen LogP contribution in [0.25, 0.3) is 0 Å². The van der Waals surface area contributed by atoms with Crippen molar-refractivity contribution in [1.82, 2.24) is 5.01 Å². The second kappa shape index (κ2) is 5.79. The Labute approximate surface area is 82.3 Å². The SMILES string of the molecule is C/C=C(C)/C=N/N(C(C)C)C(C)C. The fraction of sp³-hybridized carbons (Fsp3) is 0.727. The van der Waals surface area contributed by atoms with Crippen molar-refractivity contribution in [3.63, 3.8) is 0 Å². The van der Waals surface area contributed by atoms with E-state index in [9.17, 15) is 0 Å². The topological polar surface area (TPSA) is 15.6 Å². The molecule has 0 aromatic rings. The molecule has 0 N–H and O–H groups in total. The summed E-state index contributed by atoms with van der Waals surface area (Å²) >= 11 is 0. The third-order valence-electron chi connectivity index (χ3n) is 1.91. The van der Waals surface area contributed by atoms with Crippen LogP contribution in [0.4, 0.5) is 0 Å². The Morgan fingerprint density at radius 2 is 1.62 bits per heavy atom. The van der Waals surface area contributed by atoms with E-state index in [4.69, 9.17) is 0 Å². The third kappa shape index (κ3) is 4.71. The molecule has 0 spiro atoms. The second-order valence-corrected chi connectivity index (χ2v) is 3.84. The Bertz CT molecular complexity index is 182. The molecule has 0 aromatic carbocycles. The number of rotatable bonds is 4. The highest BCUT2D eigenvalue weighted by molar-refractivity contribution is 5.77. The number of nitrogens with zero attached hydrogens (tertiary/aromatic N) is 2. The molecule has 0 heterocycles. The Morgan fingerprint density at radius 1 is 1.15 bits per heavy atom. The zero-order chi connectivity index (χ0) is 10.4. The average Bonchev–Trinajstić information content (AvgIpc) is 2.03. The molecular formula is C11H22N2. The van der Waals surface area contributed by atoms with Gasteiger partial charge in [0.25, 0.3) is 0 Å². The highest BCUT2D eigenvalue weighted by atomic mass is 15.5. The molecule has 0 bridgehead atoms. The highest BCUT2D eigenvalue weighted by Gasteiger charge is 2.08. The Morgan fingerprint density at radius 3 is 1.92 bits per heavy atom. The summed E-state index contributed by atoms with van der Waals surface area (Å²) in [5, 5.41) is 6.54. The quantitative estimate of drug-likeness (QED) is 0.482. The standard InChI is InChI=1S/C11H22N2/c1-7-11(6)8-12-13(9(2)3)10(4)5/h7-10H,1-6H3/b11-7+,12-8+. The maximum absolute atomic E-state index is 4.43. The number of hydrogen-bond donors (Lipinski definition) is 0. The molecule has 2 heteroatoms. The van der Waals surface area contributed by atoms with Crippen molar-refractivity contribution in [3.05, 3.63) is 11.6 Å². The van der Waals surface area contributed by atoms with Gasteiger partial charge >= 0.3 is 0 Å². The molecule has 0 saturated heterocycles. The van der Waals surface area contributed by atoms with Crippen molar-refractivity contribution in [2.24, 2.45) is 5.10 Å². The van der Waals surface area contributed by atoms with Gasteiger partial charge in [-0.25, -0.2) is 0 Å². The largest absolute Gasteiger partial charge is 0.292 e. The van der Waals surface area contributed by atoms with E-state index in [1.165, 1.54) is 5.57 Å². The molecular weight excluding hydrogens is 160 g/mol. The molecule has 0 radical (unpaired) electrons. The van der Waals surface area contributed by atoms with Crippen molar-refractivity contribution < 1.29 is 0 Å². The minimum atomic E-state index is 0.459. The van der Waals surface area contributed by atoms with Crippen molar-refractivity contribution >= 4 is 6.21 Å². The summed E-state index contributed by atoms with van der Waals surface area (Å²) in [4.78, 5) is 0. The van der Waals surface area contributed by atoms with E-state index in [0.29, 0.717) is 12.1 Å². The van der Waals surface area contributed by atoms with E-state index in [1.807, 2.05) is 13.1 Å². The van der Waals surface area contributed by atoms with Gasteiger partial charge in [-0.15, -0.1) is 0 Å². The first-order valence-electron chi connectivity index (χ1n) is 4.94. The maximum atomic E-state index is 4.43. The van der Waals surface area contributed by atoms with Crippen LogP contribution in [0.15, 0.2) is 16.8 Å². The number of hydrogen-bond acceptors (Lipinski definition) is 2. The smallest absolute Gasteiger partial charge is 0.0496 e. The zero-order valence-electron chi connectivity index (χ0n) is 9.70. The molecule has 0 amide bonds. The number of hydrazone groups is 1. The van der Waals surface area contributed by atoms with Crippen LogP contribution in [0, 0.1) is 0 Å². The van der Waals surface area contributed by atoms with Crippen LogP contribution in [-0.2, 0) is 0 Å². The van der Waals surface area contributed by atoms with Crippen molar-refractivity contribution in [2.45, 2.75) is 53.6 Å². The Hall–Kier alpha value is -0.790. The van der Waals surface area contributed by atoms with Crippen LogP contribution in [0.3, 0.4) is 0 Å². The summed E-state index contributed by atoms with van der Waals surface area (Å²) in [6.07, 6.45) is 3.97. The Balaban J connectivity index is 4.34. The van der Waals surface area contributed by atoms with Crippen molar-refractivity contribution in [2.75, 3.05) is 0 Å². The summed E-state index contributed by atoms with van der Waals surface area (Å²) in [6, 6.07) is 0.918. The molecule has 76 valence electrons. The molecule has 0 aliphatic rings. The van der Waals surface area contributed by atoms with E-state index in [0.717, 1.165) is 0 Å². The van der Waals surface area contributed by atoms with Gasteiger partial charge in [0.2, 0.25) is 0 Å². The van der Waals surface area contributed by atoms with Crippen molar-refractivity contribution in [3.8, 4) is 0 Å². The second-order valence-electron chi connectivity index (χ2n) is 3.84. The predicted molar refractivity (Wildman–Crippen MR) is 60.0 cm³/mol. The normalized spacial score (nSPS) is 13.4. The minimum Gasteiger partial charge on any atom is -0.292 e. The van der Waals surface area contributed by atoms with E-state index in [-0.39, 0.29) is 0 Å². The monoisotopic (exact) mass is 182 g/mol. The Kier molecular flexibility index (Phi) is 5.44. The first-order chi connectivity index (χ1) is 5.99. The first-order valence-corrected chi connectivity index (χ1v) is 4.94. The molecule has 0 fully saturated rings. The predicted octanol–water partition coefficient (Wildman–Crippen LogP) is 3.06. The van der Waals surface area contributed by atoms with E-state index < -0.39 is 0 Å². The summed E-state index contributed by atoms with van der Waals surface area (Å²) in [5.74, 6) is 0. The molecule has 0 atom stereocenters. The lowest BCUT2D eigenvalue weighted by Gasteiger charge is -2.27. The maximum Gasteiger partial charge on any atom is 0.0496 e. The van der Waals surface area contributed by atoms with Gasteiger partial charge in [0.05, 0.1) is 0 Å². The summed E-state index contributed by atoms with van der Waals surface area (Å²) < 4.78 is 0. The molecule has 13 heavy (non-hydrogen) atoms. The molecule has 0 aliphatic heterocycles. The molecule has 0 aliphatic carbocycles. The summed E-state index contributed by atoms with van der Waals surface area (Å²) in [7, 11) is 0. The van der Waals surface area contributed by atoms with Crippen LogP contribution in [0.2, 0.25) is 0 Å². The van der Waals surface area contributed by atoms with Gasteiger partial charge < -0.3 is 0 Å². The molecule has 2 nitrogen and oxygen atoms in total. The lowest BCUT2D eigenvalue weighted by Crippen LogP contribution is -2.32. The molecule has 0 saturated carbocycles. The van der Waals surface area contributed by atoms with Gasteiger partial charge in [-0.05, 0) is 47.1 Å². The van der Waals surface area contributed by atoms with E-state index >= 15 is 0 Å². The summed E-state index contributed by atoms with van der Waals surface area (Å²) in [5.41, 5.74) is 1.20. The minimum absolute atomic E-state index is 0.459. The fourth-order valence-electron chi connectivity index (χ4n) is 1.10. The molecule has 0 rings (SSSR count). The van der Waals surface area contributed by atoms with Crippen LogP contribution < -0.4 is 0 Å². The average molecular weight is 182 g/mol. The van der Waals surface area contributed by atoms with Gasteiger partial charge in [0.1, 0.15) is 0 Å². The van der Waals surface area contributed by atoms with E-state index in [2.05, 4.69) is 50.8 Å². The van der Waals surface area contributed by atoms with Crippen molar-refractivity contribution in [1.29, 1.82) is 0 Å². The zero-order valence-corrected chi connectivity index (χ0v) is 9.70. The molecule has 0 unspecified atom stereocenters. The van der Waals surface area contributed by atoms with Gasteiger partial charge in [0, 0.05) is 18.3 Å². The van der Waals surface area contributed by atoms with Crippen LogP contribution in [-0.4, -0.2) is 23.3 Å². The molecule has 0 aromatic heterocycles. The van der Waals surface area contributed by atoms with Crippen LogP contribution in [0.5, 0.6) is 0 Å². The lowest BCUT2D eigenvalue weighted by atomic mass is 10.3. The third-order valence-corrected chi connectivity index (χ3v) is 1.91. The van der Waals surface area contributed by atoms with E-state index in [1.54, 1.807) is 0 Å². The lowest BCUT2D eigenvalue weighted by molar-refractivity contribution is 0.185. The van der Waals surface area contributed by atoms with Gasteiger partial charge in [-0.1, -0.05) is 6.08 Å². The van der Waals surface area contributed by atoms with Gasteiger partial charge in [-0.2, -0.15) is 5.10 Å². The number of allylic oxidation sites excluding steroid dienone is 2. The van der Waals surface area contributed by atoms with Crippen LogP contribution >= 0.6 is 0 Å².